The Labute approximate surface area is 163 Å². The second kappa shape index (κ2) is 5.93. The molecule has 4 atom stereocenters. The zero-order chi connectivity index (χ0) is 20.4. The molecule has 3 aliphatic rings. The number of Topliss-reactive ketones (excluding diaryl/α,β-unsaturated/α-hetero) is 1. The average Bonchev–Trinajstić information content (AvgIpc) is 3.22. The number of aromatic nitrogens is 1. The van der Waals surface area contributed by atoms with Crippen LogP contribution in [0.25, 0.3) is 0 Å². The van der Waals surface area contributed by atoms with Gasteiger partial charge in [0.2, 0.25) is 0 Å². The van der Waals surface area contributed by atoms with Gasteiger partial charge in [-0.1, -0.05) is 20.8 Å². The molecular weight excluding hydrogens is 358 g/mol. The van der Waals surface area contributed by atoms with Crippen molar-refractivity contribution in [3.05, 3.63) is 23.5 Å². The van der Waals surface area contributed by atoms with Crippen LogP contribution in [0.3, 0.4) is 0 Å². The first-order valence-electron chi connectivity index (χ1n) is 9.46. The number of carbonyl (C=O) groups excluding carboxylic acids is 3. The molecule has 8 heteroatoms. The number of amides is 3. The van der Waals surface area contributed by atoms with E-state index in [4.69, 9.17) is 5.26 Å². The molecule has 3 fully saturated rings. The summed E-state index contributed by atoms with van der Waals surface area (Å²) < 4.78 is -0.118. The third-order valence-electron chi connectivity index (χ3n) is 5.97. The van der Waals surface area contributed by atoms with E-state index in [0.717, 1.165) is 0 Å². The highest BCUT2D eigenvalue weighted by molar-refractivity contribution is 6.18. The van der Waals surface area contributed by atoms with Gasteiger partial charge in [-0.3, -0.25) is 9.59 Å². The molecule has 0 N–H and O–H groups in total. The van der Waals surface area contributed by atoms with E-state index in [-0.39, 0.29) is 33.3 Å². The van der Waals surface area contributed by atoms with E-state index in [9.17, 15) is 14.4 Å². The fraction of sp³-hybridized carbons (Fsp3) is 0.550. The standard InChI is InChI=1S/C20H24N5O3/c1-12-5-13(8-22-14(12)7-21)24-18(27)16-10-23-9-15(17(26)6-20(2,3)4)25(16,11-23)19(24)28/h5,8,15-16H,6,9-11H2,1-4H3/q+1. The maximum atomic E-state index is 13.5. The van der Waals surface area contributed by atoms with Gasteiger partial charge in [-0.25, -0.2) is 19.2 Å². The third-order valence-corrected chi connectivity index (χ3v) is 5.97. The van der Waals surface area contributed by atoms with Gasteiger partial charge < -0.3 is 0 Å². The SMILES string of the molecule is Cc1cc(N2C(=O)C3CN4CC(C(=O)CC(C)(C)C)[N+]3(C4)C2=O)cnc1C#N. The maximum absolute atomic E-state index is 13.5. The van der Waals surface area contributed by atoms with Crippen molar-refractivity contribution < 1.29 is 18.9 Å². The number of quaternary nitrogens is 1. The van der Waals surface area contributed by atoms with Crippen molar-refractivity contribution >= 4 is 23.4 Å². The van der Waals surface area contributed by atoms with E-state index in [1.54, 1.807) is 13.0 Å². The van der Waals surface area contributed by atoms with Crippen LogP contribution in [0.2, 0.25) is 0 Å². The second-order valence-electron chi connectivity index (χ2n) is 9.27. The quantitative estimate of drug-likeness (QED) is 0.582. The number of imide groups is 1. The Morgan fingerprint density at radius 1 is 1.36 bits per heavy atom. The fourth-order valence-electron chi connectivity index (χ4n) is 4.78. The molecule has 0 aliphatic carbocycles. The Hall–Kier alpha value is -2.63. The molecule has 1 aromatic rings. The summed E-state index contributed by atoms with van der Waals surface area (Å²) in [5, 5.41) is 9.08. The van der Waals surface area contributed by atoms with Crippen LogP contribution in [0.1, 0.15) is 38.4 Å². The molecule has 4 unspecified atom stereocenters. The summed E-state index contributed by atoms with van der Waals surface area (Å²) in [5.74, 6) is -0.247. The molecule has 1 aromatic heterocycles. The van der Waals surface area contributed by atoms with Gasteiger partial charge >= 0.3 is 6.03 Å². The lowest BCUT2D eigenvalue weighted by atomic mass is 9.86. The van der Waals surface area contributed by atoms with E-state index in [0.29, 0.717) is 37.4 Å². The summed E-state index contributed by atoms with van der Waals surface area (Å²) in [6, 6.07) is 2.22. The maximum Gasteiger partial charge on any atom is 0.433 e. The first-order valence-corrected chi connectivity index (χ1v) is 9.46. The first kappa shape index (κ1) is 18.7. The number of ketones is 1. The summed E-state index contributed by atoms with van der Waals surface area (Å²) in [6.07, 6.45) is 1.76. The number of pyridine rings is 1. The number of anilines is 1. The van der Waals surface area contributed by atoms with E-state index >= 15 is 0 Å². The second-order valence-corrected chi connectivity index (χ2v) is 9.27. The molecule has 28 heavy (non-hydrogen) atoms. The van der Waals surface area contributed by atoms with Gasteiger partial charge in [0.25, 0.3) is 5.91 Å². The van der Waals surface area contributed by atoms with Crippen LogP contribution in [0.5, 0.6) is 0 Å². The van der Waals surface area contributed by atoms with Gasteiger partial charge in [0.1, 0.15) is 18.4 Å². The number of nitrogens with zero attached hydrogens (tertiary/aromatic N) is 5. The van der Waals surface area contributed by atoms with Crippen LogP contribution in [0, 0.1) is 23.7 Å². The van der Waals surface area contributed by atoms with Crippen LogP contribution in [0.15, 0.2) is 12.3 Å². The van der Waals surface area contributed by atoms with Crippen LogP contribution < -0.4 is 4.90 Å². The van der Waals surface area contributed by atoms with Crippen LogP contribution in [0.4, 0.5) is 10.5 Å². The summed E-state index contributed by atoms with van der Waals surface area (Å²) in [5.41, 5.74) is 1.06. The van der Waals surface area contributed by atoms with Gasteiger partial charge in [-0.15, -0.1) is 0 Å². The number of carbonyl (C=O) groups is 3. The lowest BCUT2D eigenvalue weighted by Crippen LogP contribution is -2.62. The number of urea groups is 1. The molecule has 8 nitrogen and oxygen atoms in total. The molecule has 4 heterocycles. The molecule has 1 spiro atoms. The van der Waals surface area contributed by atoms with Crippen LogP contribution >= 0.6 is 0 Å². The monoisotopic (exact) mass is 382 g/mol. The number of nitriles is 1. The topological polar surface area (TPSA) is 94.4 Å². The molecule has 3 amide bonds. The zero-order valence-electron chi connectivity index (χ0n) is 16.6. The fourth-order valence-corrected chi connectivity index (χ4v) is 4.78. The summed E-state index contributed by atoms with van der Waals surface area (Å²) in [7, 11) is 0. The van der Waals surface area contributed by atoms with Crippen molar-refractivity contribution in [2.45, 2.75) is 46.2 Å². The van der Waals surface area contributed by atoms with Crippen molar-refractivity contribution in [3.8, 4) is 6.07 Å². The molecule has 0 radical (unpaired) electrons. The number of piperazine rings is 1. The van der Waals surface area contributed by atoms with Gasteiger partial charge in [-0.05, 0) is 24.0 Å². The molecule has 0 aromatic carbocycles. The first-order chi connectivity index (χ1) is 13.1. The normalized spacial score (nSPS) is 31.2. The van der Waals surface area contributed by atoms with Crippen molar-refractivity contribution in [1.82, 2.24) is 9.88 Å². The molecule has 3 saturated heterocycles. The Morgan fingerprint density at radius 2 is 2.07 bits per heavy atom. The Morgan fingerprint density at radius 3 is 2.68 bits per heavy atom. The highest BCUT2D eigenvalue weighted by Gasteiger charge is 2.73. The molecule has 4 rings (SSSR count). The van der Waals surface area contributed by atoms with Crippen LogP contribution in [-0.4, -0.2) is 63.9 Å². The van der Waals surface area contributed by atoms with Gasteiger partial charge in [0, 0.05) is 6.42 Å². The number of hydrogen-bond acceptors (Lipinski definition) is 6. The van der Waals surface area contributed by atoms with E-state index in [1.165, 1.54) is 11.1 Å². The lowest BCUT2D eigenvalue weighted by molar-refractivity contribution is -0.853. The lowest BCUT2D eigenvalue weighted by Gasteiger charge is -2.34. The zero-order valence-corrected chi connectivity index (χ0v) is 16.6. The predicted octanol–water partition coefficient (Wildman–Crippen LogP) is 1.57. The Kier molecular flexibility index (Phi) is 3.97. The predicted molar refractivity (Wildman–Crippen MR) is 99.9 cm³/mol. The van der Waals surface area contributed by atoms with Gasteiger partial charge in [-0.2, -0.15) is 10.2 Å². The molecular formula is C20H24N5O3+. The molecule has 2 bridgehead atoms. The van der Waals surface area contributed by atoms with Crippen LogP contribution in [-0.2, 0) is 9.59 Å². The summed E-state index contributed by atoms with van der Waals surface area (Å²) >= 11 is 0. The number of rotatable bonds is 3. The average molecular weight is 382 g/mol. The van der Waals surface area contributed by atoms with Crippen molar-refractivity contribution in [1.29, 1.82) is 5.26 Å². The largest absolute Gasteiger partial charge is 0.433 e. The van der Waals surface area contributed by atoms with Crippen molar-refractivity contribution in [2.24, 2.45) is 5.41 Å². The van der Waals surface area contributed by atoms with E-state index in [1.807, 2.05) is 31.7 Å². The highest BCUT2D eigenvalue weighted by Crippen LogP contribution is 2.44. The van der Waals surface area contributed by atoms with Crippen molar-refractivity contribution in [2.75, 3.05) is 24.7 Å². The number of hydrogen-bond donors (Lipinski definition) is 0. The third kappa shape index (κ3) is 2.50. The van der Waals surface area contributed by atoms with E-state index < -0.39 is 12.1 Å². The Bertz CT molecular complexity index is 944. The smallest absolute Gasteiger partial charge is 0.293 e. The summed E-state index contributed by atoms with van der Waals surface area (Å²) in [4.78, 5) is 47.0. The highest BCUT2D eigenvalue weighted by atomic mass is 16.2. The number of fused-ring (bicyclic) bond motifs is 1. The Balaban J connectivity index is 1.72. The summed E-state index contributed by atoms with van der Waals surface area (Å²) in [6.45, 7) is 9.13. The molecule has 3 aliphatic heterocycles. The number of aryl methyl sites for hydroxylation is 1. The minimum Gasteiger partial charge on any atom is -0.293 e. The minimum absolute atomic E-state index is 0.0387. The van der Waals surface area contributed by atoms with Gasteiger partial charge in [0.05, 0.1) is 25.0 Å². The van der Waals surface area contributed by atoms with Gasteiger partial charge in [0.15, 0.2) is 17.9 Å². The molecule has 146 valence electrons. The molecule has 0 saturated carbocycles. The minimum atomic E-state index is -0.550. The van der Waals surface area contributed by atoms with Crippen molar-refractivity contribution in [3.63, 3.8) is 0 Å². The van der Waals surface area contributed by atoms with E-state index in [2.05, 4.69) is 4.98 Å².